The van der Waals surface area contributed by atoms with Gasteiger partial charge in [0.15, 0.2) is 0 Å². The monoisotopic (exact) mass is 446 g/mol. The molecule has 4 aromatic rings. The Morgan fingerprint density at radius 2 is 1.03 bits per heavy atom. The van der Waals surface area contributed by atoms with Crippen LogP contribution in [0.25, 0.3) is 10.9 Å². The molecule has 0 saturated carbocycles. The van der Waals surface area contributed by atoms with Crippen molar-refractivity contribution >= 4 is 23.3 Å². The lowest BCUT2D eigenvalue weighted by Gasteiger charge is -2.35. The number of rotatable bonds is 6. The molecule has 0 N–H and O–H groups in total. The second-order valence-electron chi connectivity index (χ2n) is 8.18. The lowest BCUT2D eigenvalue weighted by Crippen LogP contribution is -2.11. The van der Waals surface area contributed by atoms with Crippen molar-refractivity contribution in [2.24, 2.45) is 0 Å². The number of benzene rings is 4. The van der Waals surface area contributed by atoms with Gasteiger partial charge in [0.2, 0.25) is 0 Å². The molecule has 1 nitrogen and oxygen atoms in total. The molecule has 1 atom stereocenters. The predicted molar refractivity (Wildman–Crippen MR) is 143 cm³/mol. The SMILES string of the molecule is COP1(Cc2ccccc2)=C(c2ccccc2)C=C(c2ccccc2)C=C1c1ccccc1. The maximum Gasteiger partial charge on any atom is 0.0479 e. The van der Waals surface area contributed by atoms with E-state index in [9.17, 15) is 0 Å². The van der Waals surface area contributed by atoms with Crippen LogP contribution < -0.4 is 0 Å². The smallest absolute Gasteiger partial charge is 0.0479 e. The molecule has 5 rings (SSSR count). The van der Waals surface area contributed by atoms with Crippen LogP contribution in [0.5, 0.6) is 0 Å². The van der Waals surface area contributed by atoms with E-state index in [2.05, 4.69) is 133 Å². The summed E-state index contributed by atoms with van der Waals surface area (Å²) in [5.41, 5.74) is 6.17. The van der Waals surface area contributed by atoms with Crippen LogP contribution in [0.4, 0.5) is 0 Å². The van der Waals surface area contributed by atoms with Crippen LogP contribution in [0.15, 0.2) is 133 Å². The van der Waals surface area contributed by atoms with E-state index in [-0.39, 0.29) is 0 Å². The molecule has 162 valence electrons. The Morgan fingerprint density at radius 1 is 0.545 bits per heavy atom. The van der Waals surface area contributed by atoms with E-state index in [1.807, 2.05) is 7.11 Å². The summed E-state index contributed by atoms with van der Waals surface area (Å²) in [6.07, 6.45) is 5.57. The second-order valence-corrected chi connectivity index (χ2v) is 11.3. The van der Waals surface area contributed by atoms with E-state index in [1.165, 1.54) is 38.4 Å². The van der Waals surface area contributed by atoms with Gasteiger partial charge in [-0.15, -0.1) is 0 Å². The molecule has 1 aliphatic rings. The van der Waals surface area contributed by atoms with Crippen molar-refractivity contribution in [2.45, 2.75) is 6.16 Å². The van der Waals surface area contributed by atoms with Gasteiger partial charge in [-0.2, -0.15) is 0 Å². The summed E-state index contributed by atoms with van der Waals surface area (Å²) in [7, 11) is -0.327. The molecule has 0 fully saturated rings. The first-order valence-corrected chi connectivity index (χ1v) is 13.1. The Labute approximate surface area is 196 Å². The van der Waals surface area contributed by atoms with Crippen molar-refractivity contribution < 1.29 is 4.52 Å². The Kier molecular flexibility index (Phi) is 6.26. The summed E-state index contributed by atoms with van der Waals surface area (Å²) in [4.78, 5) is 0. The molecule has 2 heteroatoms. The molecule has 0 aromatic heterocycles. The zero-order valence-corrected chi connectivity index (χ0v) is 19.7. The maximum atomic E-state index is 6.66. The highest BCUT2D eigenvalue weighted by molar-refractivity contribution is 7.81. The van der Waals surface area contributed by atoms with Gasteiger partial charge in [-0.3, -0.25) is 0 Å². The molecular formula is C31H27OP. The van der Waals surface area contributed by atoms with Gasteiger partial charge < -0.3 is 4.52 Å². The highest BCUT2D eigenvalue weighted by Gasteiger charge is 2.32. The molecular weight excluding hydrogens is 419 g/mol. The van der Waals surface area contributed by atoms with Gasteiger partial charge in [-0.05, 0) is 40.0 Å². The van der Waals surface area contributed by atoms with Crippen LogP contribution in [0, 0.1) is 0 Å². The fourth-order valence-corrected chi connectivity index (χ4v) is 8.22. The van der Waals surface area contributed by atoms with E-state index >= 15 is 0 Å². The first-order chi connectivity index (χ1) is 16.3. The molecule has 0 saturated heterocycles. The van der Waals surface area contributed by atoms with E-state index in [4.69, 9.17) is 4.52 Å². The van der Waals surface area contributed by atoms with E-state index in [1.54, 1.807) is 0 Å². The molecule has 1 aliphatic heterocycles. The van der Waals surface area contributed by atoms with Crippen LogP contribution >= 0.6 is 7.11 Å². The Morgan fingerprint density at radius 3 is 1.58 bits per heavy atom. The topological polar surface area (TPSA) is 9.23 Å². The van der Waals surface area contributed by atoms with Crippen molar-refractivity contribution in [1.82, 2.24) is 0 Å². The van der Waals surface area contributed by atoms with Gasteiger partial charge >= 0.3 is 0 Å². The van der Waals surface area contributed by atoms with E-state index in [0.29, 0.717) is 0 Å². The van der Waals surface area contributed by atoms with Crippen molar-refractivity contribution in [3.05, 3.63) is 156 Å². The Bertz CT molecular complexity index is 1330. The zero-order valence-electron chi connectivity index (χ0n) is 18.8. The van der Waals surface area contributed by atoms with Crippen LogP contribution in [-0.4, -0.2) is 12.4 Å². The average molecular weight is 447 g/mol. The van der Waals surface area contributed by atoms with Gasteiger partial charge in [0.1, 0.15) is 0 Å². The van der Waals surface area contributed by atoms with Gasteiger partial charge in [0.05, 0.1) is 0 Å². The van der Waals surface area contributed by atoms with Crippen molar-refractivity contribution in [2.75, 3.05) is 7.11 Å². The van der Waals surface area contributed by atoms with Gasteiger partial charge in [0, 0.05) is 31.0 Å². The lowest BCUT2D eigenvalue weighted by atomic mass is 10.0. The minimum atomic E-state index is -2.21. The third kappa shape index (κ3) is 4.31. The molecule has 4 aromatic carbocycles. The van der Waals surface area contributed by atoms with Crippen molar-refractivity contribution in [1.29, 1.82) is 0 Å². The van der Waals surface area contributed by atoms with E-state index < -0.39 is 7.11 Å². The summed E-state index contributed by atoms with van der Waals surface area (Å²) in [5, 5.41) is 2.57. The molecule has 1 heterocycles. The summed E-state index contributed by atoms with van der Waals surface area (Å²) in [5.74, 6) is 0. The Balaban J connectivity index is 1.85. The third-order valence-corrected chi connectivity index (χ3v) is 9.93. The highest BCUT2D eigenvalue weighted by Crippen LogP contribution is 2.66. The number of allylic oxidation sites excluding steroid dienone is 3. The van der Waals surface area contributed by atoms with Crippen LogP contribution in [0.3, 0.4) is 0 Å². The quantitative estimate of drug-likeness (QED) is 0.272. The van der Waals surface area contributed by atoms with Crippen LogP contribution in [0.2, 0.25) is 0 Å². The summed E-state index contributed by atoms with van der Waals surface area (Å²) in [6.45, 7) is 0. The number of hydrogen-bond acceptors (Lipinski definition) is 1. The second kappa shape index (κ2) is 9.63. The molecule has 0 radical (unpaired) electrons. The van der Waals surface area contributed by atoms with Gasteiger partial charge in [-0.1, -0.05) is 121 Å². The molecule has 33 heavy (non-hydrogen) atoms. The average Bonchev–Trinajstić information content (AvgIpc) is 2.90. The van der Waals surface area contributed by atoms with Gasteiger partial charge in [-0.25, -0.2) is 0 Å². The lowest BCUT2D eigenvalue weighted by molar-refractivity contribution is 0.464. The zero-order chi connectivity index (χ0) is 22.5. The summed E-state index contributed by atoms with van der Waals surface area (Å²) in [6, 6.07) is 42.8. The molecule has 0 aliphatic carbocycles. The predicted octanol–water partition coefficient (Wildman–Crippen LogP) is 8.12. The van der Waals surface area contributed by atoms with Gasteiger partial charge in [0.25, 0.3) is 0 Å². The largest absolute Gasteiger partial charge is 0.359 e. The van der Waals surface area contributed by atoms with Crippen molar-refractivity contribution in [3.63, 3.8) is 0 Å². The minimum absolute atomic E-state index is 0.855. The molecule has 0 bridgehead atoms. The number of hydrogen-bond donors (Lipinski definition) is 0. The normalized spacial score (nSPS) is 17.9. The first-order valence-electron chi connectivity index (χ1n) is 11.3. The fraction of sp³-hybridized carbons (Fsp3) is 0.0645. The van der Waals surface area contributed by atoms with Crippen LogP contribution in [-0.2, 0) is 10.7 Å². The van der Waals surface area contributed by atoms with Crippen molar-refractivity contribution in [3.8, 4) is 0 Å². The minimum Gasteiger partial charge on any atom is -0.359 e. The van der Waals surface area contributed by atoms with Crippen LogP contribution in [0.1, 0.15) is 22.3 Å². The summed E-state index contributed by atoms with van der Waals surface area (Å²) >= 11 is 0. The Hall–Kier alpha value is -3.38. The fourth-order valence-electron chi connectivity index (χ4n) is 4.55. The standard InChI is InChI=1S/C31H27OP/c1-32-33(24-25-14-6-2-7-15-25)30(27-18-10-4-11-19-27)22-29(26-16-8-3-9-17-26)23-31(33)28-20-12-5-13-21-28/h2-23H,24H2,1H3. The van der Waals surface area contributed by atoms with E-state index in [0.717, 1.165) is 6.16 Å². The first kappa shape index (κ1) is 21.5. The molecule has 1 unspecified atom stereocenters. The maximum absolute atomic E-state index is 6.66. The molecule has 0 spiro atoms. The third-order valence-electron chi connectivity index (χ3n) is 6.17. The highest BCUT2D eigenvalue weighted by atomic mass is 31.2. The summed E-state index contributed by atoms with van der Waals surface area (Å²) < 4.78 is 6.66. The molecule has 0 amide bonds.